The predicted octanol–water partition coefficient (Wildman–Crippen LogP) is 9.15. The third-order valence-corrected chi connectivity index (χ3v) is 8.16. The van der Waals surface area contributed by atoms with Gasteiger partial charge in [0.15, 0.2) is 0 Å². The summed E-state index contributed by atoms with van der Waals surface area (Å²) in [6.07, 6.45) is 0. The summed E-state index contributed by atoms with van der Waals surface area (Å²) < 4.78 is 239. The Morgan fingerprint density at radius 3 is 1.57 bits per heavy atom. The van der Waals surface area contributed by atoms with Crippen LogP contribution >= 0.6 is 0 Å². The first-order valence-corrected chi connectivity index (χ1v) is 14.0. The summed E-state index contributed by atoms with van der Waals surface area (Å²) in [5.74, 6) is -2.03. The van der Waals surface area contributed by atoms with Crippen LogP contribution in [0.3, 0.4) is 0 Å². The second-order valence-electron chi connectivity index (χ2n) is 10.6. The maximum atomic E-state index is 9.95. The molecule has 0 unspecified atom stereocenters. The van der Waals surface area contributed by atoms with Gasteiger partial charge in [-0.05, 0) is 47.9 Å². The fraction of sp³-hybridized carbons (Fsp3) is 0. The number of ether oxygens (including phenoxy) is 1. The van der Waals surface area contributed by atoms with Gasteiger partial charge in [0.05, 0.1) is 62.0 Å². The SMILES string of the molecule is [2H]c1c([2H])c([2H])c2c(c1[2H])OB1c3c([2H])c([2H])c(-n4c5c([2H])c([2H])c([2H])c([2H])c5c5c([2H])c([2H])c([2H])c([2H])c54)c([2H])c3Oc3c([2H])c(-n4c5c([2H])c([2H])c([2H])c([2H])c5c5c([2H])c([2H])c([2H])c([2H])c54)c([2H])c-2c31. The maximum Gasteiger partial charge on any atom is 0.434 e. The van der Waals surface area contributed by atoms with E-state index in [0.717, 1.165) is 9.13 Å². The molecule has 0 N–H and O–H groups in total. The van der Waals surface area contributed by atoms with Crippen molar-refractivity contribution in [2.24, 2.45) is 0 Å². The number of aromatic nitrogens is 2. The van der Waals surface area contributed by atoms with Crippen LogP contribution in [0.2, 0.25) is 0 Å². The van der Waals surface area contributed by atoms with Crippen molar-refractivity contribution in [3.05, 3.63) is 151 Å². The van der Waals surface area contributed by atoms with Crippen LogP contribution in [0.15, 0.2) is 151 Å². The zero-order valence-electron chi connectivity index (χ0n) is 48.3. The van der Waals surface area contributed by atoms with Crippen molar-refractivity contribution in [2.75, 3.05) is 0 Å². The number of hydrogen-bond donors (Lipinski definition) is 0. The van der Waals surface area contributed by atoms with E-state index in [-0.39, 0.29) is 5.46 Å². The number of nitrogens with zero attached hydrogens (tertiary/aromatic N) is 2. The number of hydrogen-bond acceptors (Lipinski definition) is 2. The molecule has 0 aliphatic carbocycles. The summed E-state index contributed by atoms with van der Waals surface area (Å²) in [6, 6.07) is -20.4. The van der Waals surface area contributed by atoms with Crippen molar-refractivity contribution in [3.63, 3.8) is 0 Å². The number of para-hydroxylation sites is 5. The van der Waals surface area contributed by atoms with Gasteiger partial charge in [0.1, 0.15) is 17.2 Å². The zero-order chi connectivity index (χ0) is 52.4. The highest BCUT2D eigenvalue weighted by atomic mass is 16.5. The van der Waals surface area contributed by atoms with Crippen LogP contribution in [0.25, 0.3) is 66.1 Å². The summed E-state index contributed by atoms with van der Waals surface area (Å²) in [7, 11) is 0. The quantitative estimate of drug-likeness (QED) is 0.179. The van der Waals surface area contributed by atoms with E-state index in [2.05, 4.69) is 0 Å². The van der Waals surface area contributed by atoms with Crippen molar-refractivity contribution >= 4 is 61.5 Å². The monoisotopic (exact) mass is 625 g/mol. The Hall–Kier alpha value is -6.20. The molecule has 2 aromatic heterocycles. The Labute approximate surface area is 305 Å². The van der Waals surface area contributed by atoms with Gasteiger partial charge in [-0.2, -0.15) is 0 Å². The fourth-order valence-corrected chi connectivity index (χ4v) is 6.25. The molecule has 0 saturated heterocycles. The van der Waals surface area contributed by atoms with E-state index in [1.807, 2.05) is 0 Å². The lowest BCUT2D eigenvalue weighted by molar-refractivity contribution is 0.479. The Bertz CT molecular complexity index is 4030. The lowest BCUT2D eigenvalue weighted by Gasteiger charge is -2.33. The highest BCUT2D eigenvalue weighted by Crippen LogP contribution is 2.42. The van der Waals surface area contributed by atoms with Crippen molar-refractivity contribution in [1.29, 1.82) is 0 Å². The predicted molar refractivity (Wildman–Crippen MR) is 193 cm³/mol. The first-order valence-electron chi connectivity index (χ1n) is 26.5. The van der Waals surface area contributed by atoms with E-state index in [1.165, 1.54) is 0 Å². The second kappa shape index (κ2) is 9.18. The normalized spacial score (nSPS) is 20.4. The zero-order valence-corrected chi connectivity index (χ0v) is 23.3. The summed E-state index contributed by atoms with van der Waals surface area (Å²) in [4.78, 5) is 0. The standard InChI is InChI=1S/C42H25BN2O2/c1-6-16-35-28(11-1)29-12-2-7-17-36(29)44(35)26-21-22-34-40(24-26)46-41-25-27(23-33-32-15-5-10-20-39(32)47-43(34)42(33)41)45-37-18-8-3-13-30(37)31-14-4-9-19-38(31)45/h1-25H/i1D,2D,3D,4D,5D,6D,7D,8D,9D,10D,11D,12D,13D,14D,15D,16D,17D,18D,19D,20D,21D,22D,23D,24D,25D. The average Bonchev–Trinajstić information content (AvgIpc) is 3.90. The van der Waals surface area contributed by atoms with Gasteiger partial charge in [-0.15, -0.1) is 0 Å². The molecule has 218 valence electrons. The largest absolute Gasteiger partial charge is 0.551 e. The van der Waals surface area contributed by atoms with Gasteiger partial charge in [0.2, 0.25) is 0 Å². The van der Waals surface area contributed by atoms with Crippen LogP contribution in [0.1, 0.15) is 34.3 Å². The highest BCUT2D eigenvalue weighted by molar-refractivity contribution is 6.84. The van der Waals surface area contributed by atoms with Crippen LogP contribution in [-0.4, -0.2) is 16.0 Å². The molecule has 0 spiro atoms. The van der Waals surface area contributed by atoms with Gasteiger partial charge in [0, 0.05) is 55.8 Å². The Balaban J connectivity index is 1.34. The van der Waals surface area contributed by atoms with Gasteiger partial charge >= 0.3 is 6.92 Å². The Kier molecular flexibility index (Phi) is 2.20. The molecule has 7 aromatic carbocycles. The molecule has 2 aliphatic heterocycles. The number of benzene rings is 7. The summed E-state index contributed by atoms with van der Waals surface area (Å²) >= 11 is 0. The minimum atomic E-state index is -1.87. The lowest BCUT2D eigenvalue weighted by Crippen LogP contribution is -2.53. The molecule has 2 aliphatic rings. The van der Waals surface area contributed by atoms with Crippen molar-refractivity contribution in [3.8, 4) is 39.8 Å². The van der Waals surface area contributed by atoms with Crippen LogP contribution in [0.5, 0.6) is 17.2 Å². The van der Waals surface area contributed by atoms with Gasteiger partial charge in [-0.1, -0.05) is 96.7 Å². The topological polar surface area (TPSA) is 28.3 Å². The minimum absolute atomic E-state index is 0.358. The maximum absolute atomic E-state index is 9.95. The van der Waals surface area contributed by atoms with Crippen LogP contribution in [0, 0.1) is 0 Å². The fourth-order valence-electron chi connectivity index (χ4n) is 6.25. The summed E-state index contributed by atoms with van der Waals surface area (Å²) in [6.45, 7) is -1.87. The third kappa shape index (κ3) is 3.38. The molecule has 5 heteroatoms. The van der Waals surface area contributed by atoms with Crippen molar-refractivity contribution in [2.45, 2.75) is 0 Å². The van der Waals surface area contributed by atoms with Gasteiger partial charge in [-0.3, -0.25) is 0 Å². The van der Waals surface area contributed by atoms with Crippen LogP contribution in [-0.2, 0) is 0 Å². The molecule has 4 heterocycles. The van der Waals surface area contributed by atoms with Gasteiger partial charge in [-0.25, -0.2) is 0 Å². The van der Waals surface area contributed by atoms with E-state index in [9.17, 15) is 6.85 Å². The molecule has 0 bridgehead atoms. The number of rotatable bonds is 2. The van der Waals surface area contributed by atoms with E-state index >= 15 is 0 Å². The summed E-state index contributed by atoms with van der Waals surface area (Å²) in [5.41, 5.74) is -5.38. The molecule has 0 amide bonds. The molecule has 47 heavy (non-hydrogen) atoms. The Morgan fingerprint density at radius 2 is 0.957 bits per heavy atom. The average molecular weight is 626 g/mol. The molecule has 0 radical (unpaired) electrons. The summed E-state index contributed by atoms with van der Waals surface area (Å²) in [5, 5.41) is -1.73. The van der Waals surface area contributed by atoms with E-state index in [0.29, 0.717) is 0 Å². The van der Waals surface area contributed by atoms with Gasteiger partial charge < -0.3 is 18.5 Å². The molecule has 0 atom stereocenters. The first kappa shape index (κ1) is 11.3. The van der Waals surface area contributed by atoms with E-state index in [1.54, 1.807) is 0 Å². The minimum Gasteiger partial charge on any atom is -0.551 e. The molecule has 0 saturated carbocycles. The molecule has 0 fully saturated rings. The van der Waals surface area contributed by atoms with E-state index in [4.69, 9.17) is 36.8 Å². The number of fused-ring (bicyclic) bond motifs is 10. The molecule has 9 aromatic rings. The second-order valence-corrected chi connectivity index (χ2v) is 10.6. The Morgan fingerprint density at radius 1 is 0.447 bits per heavy atom. The highest BCUT2D eigenvalue weighted by Gasteiger charge is 2.41. The van der Waals surface area contributed by atoms with Crippen LogP contribution in [0.4, 0.5) is 0 Å². The van der Waals surface area contributed by atoms with Crippen molar-refractivity contribution in [1.82, 2.24) is 9.13 Å². The first-order chi connectivity index (χ1) is 33.7. The van der Waals surface area contributed by atoms with E-state index < -0.39 is 247 Å². The van der Waals surface area contributed by atoms with Crippen LogP contribution < -0.4 is 20.3 Å². The molecule has 11 rings (SSSR count). The molecular formula is C42H25BN2O2. The molecular weight excluding hydrogens is 575 g/mol. The third-order valence-electron chi connectivity index (χ3n) is 8.16. The van der Waals surface area contributed by atoms with Crippen molar-refractivity contribution < 1.29 is 43.7 Å². The van der Waals surface area contributed by atoms with Gasteiger partial charge in [0.25, 0.3) is 0 Å². The molecule has 4 nitrogen and oxygen atoms in total. The smallest absolute Gasteiger partial charge is 0.434 e. The lowest BCUT2D eigenvalue weighted by atomic mass is 9.51.